The Balaban J connectivity index is 1.40. The molecule has 0 bridgehead atoms. The van der Waals surface area contributed by atoms with Crippen LogP contribution in [0.1, 0.15) is 39.9 Å². The van der Waals surface area contributed by atoms with Gasteiger partial charge in [-0.05, 0) is 48.7 Å². The molecule has 2 aliphatic heterocycles. The Morgan fingerprint density at radius 3 is 2.48 bits per heavy atom. The van der Waals surface area contributed by atoms with Crippen LogP contribution < -0.4 is 4.90 Å². The molecule has 2 aliphatic rings. The Hall–Kier alpha value is -4.92. The topological polar surface area (TPSA) is 115 Å². The van der Waals surface area contributed by atoms with Crippen LogP contribution in [0.5, 0.6) is 5.88 Å². The molecule has 1 aromatic heterocycles. The SMILES string of the molecule is Cn1c(O)c(C(=Nc2ccc3c(c2)CCN3C(=O)CN2CCCC2=O)c2ccccc2)c2ccc(C(=O)O)cc21. The largest absolute Gasteiger partial charge is 0.494 e. The molecule has 0 unspecified atom stereocenters. The van der Waals surface area contributed by atoms with Gasteiger partial charge in [0, 0.05) is 43.2 Å². The Bertz CT molecular complexity index is 1710. The fourth-order valence-corrected chi connectivity index (χ4v) is 5.62. The molecule has 0 saturated carbocycles. The second-order valence-corrected chi connectivity index (χ2v) is 10.1. The number of aliphatic imine (C=N–C) groups is 1. The summed E-state index contributed by atoms with van der Waals surface area (Å²) in [6.45, 7) is 1.27. The third-order valence-corrected chi connectivity index (χ3v) is 7.70. The lowest BCUT2D eigenvalue weighted by Crippen LogP contribution is -2.40. The highest BCUT2D eigenvalue weighted by Gasteiger charge is 2.29. The van der Waals surface area contributed by atoms with E-state index in [0.717, 1.165) is 23.2 Å². The second kappa shape index (κ2) is 10.00. The first-order valence-corrected chi connectivity index (χ1v) is 13.2. The van der Waals surface area contributed by atoms with Gasteiger partial charge in [-0.25, -0.2) is 9.79 Å². The fourth-order valence-electron chi connectivity index (χ4n) is 5.62. The third-order valence-electron chi connectivity index (χ3n) is 7.70. The zero-order valence-electron chi connectivity index (χ0n) is 22.0. The van der Waals surface area contributed by atoms with Crippen LogP contribution in [0.2, 0.25) is 0 Å². The van der Waals surface area contributed by atoms with Crippen LogP contribution >= 0.6 is 0 Å². The molecule has 2 N–H and O–H groups in total. The number of anilines is 1. The summed E-state index contributed by atoms with van der Waals surface area (Å²) >= 11 is 0. The van der Waals surface area contributed by atoms with Gasteiger partial charge >= 0.3 is 5.97 Å². The van der Waals surface area contributed by atoms with Gasteiger partial charge in [-0.1, -0.05) is 36.4 Å². The quantitative estimate of drug-likeness (QED) is 0.357. The van der Waals surface area contributed by atoms with Crippen LogP contribution in [0.4, 0.5) is 11.4 Å². The number of aryl methyl sites for hydroxylation is 1. The van der Waals surface area contributed by atoms with E-state index in [1.807, 2.05) is 48.5 Å². The van der Waals surface area contributed by atoms with Gasteiger partial charge in [-0.15, -0.1) is 0 Å². The van der Waals surface area contributed by atoms with Gasteiger partial charge in [0.2, 0.25) is 17.7 Å². The van der Waals surface area contributed by atoms with Crippen molar-refractivity contribution >= 4 is 45.8 Å². The first-order chi connectivity index (χ1) is 19.3. The standard InChI is InChI=1S/C31H28N4O5/c1-33-25-17-21(31(39)40)9-11-23(25)28(30(33)38)29(19-6-3-2-4-7-19)32-22-10-12-24-20(16-22)13-15-35(24)27(37)18-34-14-5-8-26(34)36/h2-4,6-7,9-12,16-17,38H,5,8,13-15,18H2,1H3,(H,39,40). The maximum atomic E-state index is 13.0. The number of amides is 2. The van der Waals surface area contributed by atoms with Crippen molar-refractivity contribution in [2.75, 3.05) is 24.5 Å². The second-order valence-electron chi connectivity index (χ2n) is 10.1. The van der Waals surface area contributed by atoms with E-state index in [9.17, 15) is 24.6 Å². The Morgan fingerprint density at radius 1 is 0.950 bits per heavy atom. The number of carboxylic acids is 1. The van der Waals surface area contributed by atoms with Gasteiger partial charge in [0.15, 0.2) is 0 Å². The summed E-state index contributed by atoms with van der Waals surface area (Å²) in [6, 6.07) is 20.0. The van der Waals surface area contributed by atoms with Crippen molar-refractivity contribution in [3.8, 4) is 5.88 Å². The average Bonchev–Trinajstić information content (AvgIpc) is 3.63. The summed E-state index contributed by atoms with van der Waals surface area (Å²) in [7, 11) is 1.69. The minimum Gasteiger partial charge on any atom is -0.494 e. The molecule has 0 aliphatic carbocycles. The number of fused-ring (bicyclic) bond motifs is 2. The number of hydrogen-bond acceptors (Lipinski definition) is 5. The maximum Gasteiger partial charge on any atom is 0.335 e. The highest BCUT2D eigenvalue weighted by atomic mass is 16.4. The number of aromatic hydroxyl groups is 1. The third kappa shape index (κ3) is 4.39. The van der Waals surface area contributed by atoms with Crippen molar-refractivity contribution in [1.29, 1.82) is 0 Å². The molecule has 4 aromatic rings. The van der Waals surface area contributed by atoms with Crippen LogP contribution in [-0.4, -0.2) is 62.8 Å². The summed E-state index contributed by atoms with van der Waals surface area (Å²) in [6.07, 6.45) is 1.97. The number of carboxylic acid groups (broad SMARTS) is 1. The van der Waals surface area contributed by atoms with Gasteiger partial charge in [0.05, 0.1) is 28.0 Å². The van der Waals surface area contributed by atoms with Crippen molar-refractivity contribution in [3.63, 3.8) is 0 Å². The fraction of sp³-hybridized carbons (Fsp3) is 0.226. The number of rotatable bonds is 6. The van der Waals surface area contributed by atoms with Crippen molar-refractivity contribution in [2.24, 2.45) is 12.0 Å². The molecule has 0 radical (unpaired) electrons. The number of hydrogen-bond donors (Lipinski definition) is 2. The van der Waals surface area contributed by atoms with E-state index in [1.54, 1.807) is 33.5 Å². The lowest BCUT2D eigenvalue weighted by atomic mass is 10.00. The molecule has 202 valence electrons. The molecular weight excluding hydrogens is 508 g/mol. The van der Waals surface area contributed by atoms with E-state index in [-0.39, 0.29) is 29.8 Å². The lowest BCUT2D eigenvalue weighted by molar-refractivity contribution is -0.132. The van der Waals surface area contributed by atoms with Crippen LogP contribution in [0.25, 0.3) is 10.9 Å². The normalized spacial score (nSPS) is 15.2. The van der Waals surface area contributed by atoms with Crippen molar-refractivity contribution in [2.45, 2.75) is 19.3 Å². The van der Waals surface area contributed by atoms with Gasteiger partial charge in [-0.3, -0.25) is 9.59 Å². The van der Waals surface area contributed by atoms with Gasteiger partial charge < -0.3 is 24.6 Å². The molecular formula is C31H28N4O5. The zero-order valence-corrected chi connectivity index (χ0v) is 22.0. The molecule has 9 nitrogen and oxygen atoms in total. The molecule has 0 atom stereocenters. The molecule has 1 fully saturated rings. The van der Waals surface area contributed by atoms with Crippen LogP contribution in [0.15, 0.2) is 71.7 Å². The number of aromatic carboxylic acids is 1. The maximum absolute atomic E-state index is 13.0. The number of benzene rings is 3. The molecule has 6 rings (SSSR count). The highest BCUT2D eigenvalue weighted by Crippen LogP contribution is 2.36. The zero-order chi connectivity index (χ0) is 28.0. The number of aromatic nitrogens is 1. The van der Waals surface area contributed by atoms with Crippen LogP contribution in [0.3, 0.4) is 0 Å². The Labute approximate surface area is 230 Å². The summed E-state index contributed by atoms with van der Waals surface area (Å²) in [5.74, 6) is -1.12. The predicted molar refractivity (Wildman–Crippen MR) is 152 cm³/mol. The smallest absolute Gasteiger partial charge is 0.335 e. The van der Waals surface area contributed by atoms with E-state index in [1.165, 1.54) is 6.07 Å². The first-order valence-electron chi connectivity index (χ1n) is 13.2. The average molecular weight is 537 g/mol. The molecule has 3 heterocycles. The number of carbonyl (C=O) groups is 3. The minimum absolute atomic E-state index is 0.0190. The van der Waals surface area contributed by atoms with E-state index in [0.29, 0.717) is 53.8 Å². The molecule has 40 heavy (non-hydrogen) atoms. The molecule has 1 saturated heterocycles. The lowest BCUT2D eigenvalue weighted by Gasteiger charge is -2.21. The van der Waals surface area contributed by atoms with Gasteiger partial charge in [0.1, 0.15) is 6.54 Å². The monoisotopic (exact) mass is 536 g/mol. The minimum atomic E-state index is -1.04. The summed E-state index contributed by atoms with van der Waals surface area (Å²) < 4.78 is 1.56. The summed E-state index contributed by atoms with van der Waals surface area (Å²) in [5.41, 5.74) is 5.04. The Kier molecular flexibility index (Phi) is 6.34. The molecule has 2 amide bonds. The molecule has 9 heteroatoms. The van der Waals surface area contributed by atoms with Crippen LogP contribution in [-0.2, 0) is 23.1 Å². The first kappa shape index (κ1) is 25.4. The summed E-state index contributed by atoms with van der Waals surface area (Å²) in [4.78, 5) is 44.9. The van der Waals surface area contributed by atoms with Crippen molar-refractivity contribution in [3.05, 3.63) is 89.0 Å². The number of likely N-dealkylation sites (tertiary alicyclic amines) is 1. The number of nitrogens with zero attached hydrogens (tertiary/aromatic N) is 4. The van der Waals surface area contributed by atoms with Crippen LogP contribution in [0, 0.1) is 0 Å². The highest BCUT2D eigenvalue weighted by molar-refractivity contribution is 6.22. The summed E-state index contributed by atoms with van der Waals surface area (Å²) in [5, 5.41) is 21.4. The van der Waals surface area contributed by atoms with E-state index >= 15 is 0 Å². The van der Waals surface area contributed by atoms with Crippen molar-refractivity contribution < 1.29 is 24.6 Å². The molecule has 3 aromatic carbocycles. The molecule has 0 spiro atoms. The van der Waals surface area contributed by atoms with Gasteiger partial charge in [-0.2, -0.15) is 0 Å². The van der Waals surface area contributed by atoms with E-state index < -0.39 is 5.97 Å². The van der Waals surface area contributed by atoms with Gasteiger partial charge in [0.25, 0.3) is 0 Å². The Morgan fingerprint density at radius 2 is 1.75 bits per heavy atom. The van der Waals surface area contributed by atoms with E-state index in [2.05, 4.69) is 0 Å². The van der Waals surface area contributed by atoms with E-state index in [4.69, 9.17) is 4.99 Å². The van der Waals surface area contributed by atoms with Crippen molar-refractivity contribution in [1.82, 2.24) is 9.47 Å². The predicted octanol–water partition coefficient (Wildman–Crippen LogP) is 4.26. The number of carbonyl (C=O) groups excluding carboxylic acids is 2.